The van der Waals surface area contributed by atoms with E-state index in [-0.39, 0.29) is 24.8 Å². The standard InChI is InChI=1S/C13H15F2N3.ClH/c1-10-8-17-18(7-6-14)13(10)16-9-11-2-4-12(15)5-3-11;/h2-5,8,16H,6-7,9H2,1H3;1H. The summed E-state index contributed by atoms with van der Waals surface area (Å²) in [5.41, 5.74) is 1.93. The number of aromatic nitrogens is 2. The third-order valence-electron chi connectivity index (χ3n) is 2.69. The summed E-state index contributed by atoms with van der Waals surface area (Å²) in [5, 5.41) is 7.28. The molecule has 0 saturated heterocycles. The van der Waals surface area contributed by atoms with Crippen LogP contribution in [0.25, 0.3) is 0 Å². The highest BCUT2D eigenvalue weighted by molar-refractivity contribution is 5.85. The first-order valence-corrected chi connectivity index (χ1v) is 5.77. The molecule has 0 spiro atoms. The Morgan fingerprint density at radius 2 is 1.95 bits per heavy atom. The predicted octanol–water partition coefficient (Wildman–Crippen LogP) is 3.33. The van der Waals surface area contributed by atoms with Crippen LogP contribution in [0.5, 0.6) is 0 Å². The van der Waals surface area contributed by atoms with E-state index >= 15 is 0 Å². The van der Waals surface area contributed by atoms with Crippen LogP contribution in [-0.4, -0.2) is 16.5 Å². The van der Waals surface area contributed by atoms with Gasteiger partial charge in [-0.2, -0.15) is 5.10 Å². The van der Waals surface area contributed by atoms with Gasteiger partial charge in [-0.1, -0.05) is 12.1 Å². The molecule has 2 aromatic rings. The first-order chi connectivity index (χ1) is 8.70. The van der Waals surface area contributed by atoms with Crippen molar-refractivity contribution < 1.29 is 8.78 Å². The minimum atomic E-state index is -0.452. The molecule has 3 nitrogen and oxygen atoms in total. The van der Waals surface area contributed by atoms with Crippen LogP contribution in [0.1, 0.15) is 11.1 Å². The fourth-order valence-electron chi connectivity index (χ4n) is 1.75. The van der Waals surface area contributed by atoms with Crippen molar-refractivity contribution in [2.45, 2.75) is 20.0 Å². The largest absolute Gasteiger partial charge is 0.366 e. The second-order valence-corrected chi connectivity index (χ2v) is 4.07. The van der Waals surface area contributed by atoms with E-state index in [1.807, 2.05) is 6.92 Å². The predicted molar refractivity (Wildman–Crippen MR) is 73.9 cm³/mol. The van der Waals surface area contributed by atoms with Gasteiger partial charge in [0.2, 0.25) is 0 Å². The fourth-order valence-corrected chi connectivity index (χ4v) is 1.75. The van der Waals surface area contributed by atoms with Crippen molar-refractivity contribution in [1.82, 2.24) is 9.78 Å². The topological polar surface area (TPSA) is 29.9 Å². The lowest BCUT2D eigenvalue weighted by molar-refractivity contribution is 0.429. The van der Waals surface area contributed by atoms with Crippen molar-refractivity contribution in [2.75, 3.05) is 12.0 Å². The molecule has 1 aromatic heterocycles. The lowest BCUT2D eigenvalue weighted by atomic mass is 10.2. The summed E-state index contributed by atoms with van der Waals surface area (Å²) in [7, 11) is 0. The quantitative estimate of drug-likeness (QED) is 0.914. The molecular formula is C13H16ClF2N3. The summed E-state index contributed by atoms with van der Waals surface area (Å²) in [6, 6.07) is 6.27. The van der Waals surface area contributed by atoms with Gasteiger partial charge in [-0.05, 0) is 24.6 Å². The number of nitrogens with one attached hydrogen (secondary N) is 1. The monoisotopic (exact) mass is 287 g/mol. The molecule has 19 heavy (non-hydrogen) atoms. The van der Waals surface area contributed by atoms with Gasteiger partial charge >= 0.3 is 0 Å². The number of benzene rings is 1. The number of hydrogen-bond acceptors (Lipinski definition) is 2. The maximum absolute atomic E-state index is 12.8. The van der Waals surface area contributed by atoms with E-state index in [2.05, 4.69) is 10.4 Å². The number of rotatable bonds is 5. The van der Waals surface area contributed by atoms with Crippen molar-refractivity contribution in [3.8, 4) is 0 Å². The molecule has 0 saturated carbocycles. The Hall–Kier alpha value is -1.62. The van der Waals surface area contributed by atoms with Gasteiger partial charge in [-0.15, -0.1) is 12.4 Å². The van der Waals surface area contributed by atoms with E-state index in [4.69, 9.17) is 0 Å². The van der Waals surface area contributed by atoms with Crippen molar-refractivity contribution >= 4 is 18.2 Å². The normalized spacial score (nSPS) is 10.1. The SMILES string of the molecule is Cc1cnn(CCF)c1NCc1ccc(F)cc1.Cl. The van der Waals surface area contributed by atoms with Crippen LogP contribution in [-0.2, 0) is 13.1 Å². The number of hydrogen-bond donors (Lipinski definition) is 1. The molecule has 0 fully saturated rings. The summed E-state index contributed by atoms with van der Waals surface area (Å²) in [6.45, 7) is 2.25. The molecule has 0 aliphatic rings. The first-order valence-electron chi connectivity index (χ1n) is 5.77. The van der Waals surface area contributed by atoms with Crippen molar-refractivity contribution in [3.63, 3.8) is 0 Å². The van der Waals surface area contributed by atoms with E-state index < -0.39 is 6.67 Å². The lowest BCUT2D eigenvalue weighted by Gasteiger charge is -2.10. The van der Waals surface area contributed by atoms with Crippen LogP contribution in [0.15, 0.2) is 30.5 Å². The number of alkyl halides is 1. The average molecular weight is 288 g/mol. The van der Waals surface area contributed by atoms with Gasteiger partial charge in [0.1, 0.15) is 18.3 Å². The van der Waals surface area contributed by atoms with E-state index in [1.54, 1.807) is 23.0 Å². The van der Waals surface area contributed by atoms with Crippen LogP contribution in [0.3, 0.4) is 0 Å². The summed E-state index contributed by atoms with van der Waals surface area (Å²) < 4.78 is 26.7. The zero-order valence-electron chi connectivity index (χ0n) is 10.6. The van der Waals surface area contributed by atoms with Crippen LogP contribution in [0, 0.1) is 12.7 Å². The molecule has 0 radical (unpaired) electrons. The minimum Gasteiger partial charge on any atom is -0.366 e. The Labute approximate surface area is 117 Å². The average Bonchev–Trinajstić information content (AvgIpc) is 2.71. The first kappa shape index (κ1) is 15.4. The maximum Gasteiger partial charge on any atom is 0.127 e. The van der Waals surface area contributed by atoms with Gasteiger partial charge in [0, 0.05) is 12.1 Å². The molecule has 1 heterocycles. The van der Waals surface area contributed by atoms with Crippen LogP contribution in [0.4, 0.5) is 14.6 Å². The molecule has 0 aliphatic carbocycles. The molecule has 1 aromatic carbocycles. The molecule has 0 unspecified atom stereocenters. The van der Waals surface area contributed by atoms with Gasteiger partial charge in [-0.3, -0.25) is 0 Å². The van der Waals surface area contributed by atoms with Crippen LogP contribution < -0.4 is 5.32 Å². The Kier molecular flexibility index (Phi) is 5.76. The zero-order valence-corrected chi connectivity index (χ0v) is 11.4. The summed E-state index contributed by atoms with van der Waals surface area (Å²) in [6.07, 6.45) is 1.70. The second kappa shape index (κ2) is 7.09. The highest BCUT2D eigenvalue weighted by atomic mass is 35.5. The molecule has 0 aliphatic heterocycles. The zero-order chi connectivity index (χ0) is 13.0. The van der Waals surface area contributed by atoms with Crippen LogP contribution >= 0.6 is 12.4 Å². The highest BCUT2D eigenvalue weighted by Crippen LogP contribution is 2.15. The lowest BCUT2D eigenvalue weighted by Crippen LogP contribution is -2.09. The van der Waals surface area contributed by atoms with Gasteiger partial charge < -0.3 is 5.32 Å². The second-order valence-electron chi connectivity index (χ2n) is 4.07. The maximum atomic E-state index is 12.8. The van der Waals surface area contributed by atoms with Gasteiger partial charge in [-0.25, -0.2) is 13.5 Å². The number of aryl methyl sites for hydroxylation is 2. The van der Waals surface area contributed by atoms with Crippen molar-refractivity contribution in [3.05, 3.63) is 47.4 Å². The summed E-state index contributed by atoms with van der Waals surface area (Å²) >= 11 is 0. The van der Waals surface area contributed by atoms with Gasteiger partial charge in [0.05, 0.1) is 12.7 Å². The van der Waals surface area contributed by atoms with E-state index in [0.717, 1.165) is 16.9 Å². The third kappa shape index (κ3) is 3.92. The molecule has 6 heteroatoms. The van der Waals surface area contributed by atoms with Crippen molar-refractivity contribution in [1.29, 1.82) is 0 Å². The Morgan fingerprint density at radius 3 is 2.58 bits per heavy atom. The molecule has 0 atom stereocenters. The number of anilines is 1. The molecular weight excluding hydrogens is 272 g/mol. The summed E-state index contributed by atoms with van der Waals surface area (Å²) in [4.78, 5) is 0. The van der Waals surface area contributed by atoms with Crippen LogP contribution in [0.2, 0.25) is 0 Å². The van der Waals surface area contributed by atoms with Gasteiger partial charge in [0.25, 0.3) is 0 Å². The molecule has 0 amide bonds. The molecule has 1 N–H and O–H groups in total. The van der Waals surface area contributed by atoms with E-state index in [9.17, 15) is 8.78 Å². The Bertz CT molecular complexity index is 511. The van der Waals surface area contributed by atoms with E-state index in [1.165, 1.54) is 12.1 Å². The molecule has 2 rings (SSSR count). The van der Waals surface area contributed by atoms with E-state index in [0.29, 0.717) is 6.54 Å². The molecule has 104 valence electrons. The van der Waals surface area contributed by atoms with Gasteiger partial charge in [0.15, 0.2) is 0 Å². The van der Waals surface area contributed by atoms with Crippen molar-refractivity contribution in [2.24, 2.45) is 0 Å². The number of halogens is 3. The molecule has 0 bridgehead atoms. The minimum absolute atomic E-state index is 0. The number of nitrogens with zero attached hydrogens (tertiary/aromatic N) is 2. The highest BCUT2D eigenvalue weighted by Gasteiger charge is 2.06. The smallest absolute Gasteiger partial charge is 0.127 e. The third-order valence-corrected chi connectivity index (χ3v) is 2.69. The summed E-state index contributed by atoms with van der Waals surface area (Å²) in [5.74, 6) is 0.550. The Morgan fingerprint density at radius 1 is 1.26 bits per heavy atom. The fraction of sp³-hybridized carbons (Fsp3) is 0.308. The Balaban J connectivity index is 0.00000180.